The van der Waals surface area contributed by atoms with Crippen molar-refractivity contribution in [3.05, 3.63) is 41.1 Å². The number of carbonyl (C=O) groups excluding carboxylic acids is 2. The number of hydrogen-bond acceptors (Lipinski definition) is 6. The van der Waals surface area contributed by atoms with E-state index in [9.17, 15) is 9.59 Å². The van der Waals surface area contributed by atoms with Gasteiger partial charge in [0, 0.05) is 10.5 Å². The van der Waals surface area contributed by atoms with Gasteiger partial charge in [-0.2, -0.15) is 5.10 Å². The summed E-state index contributed by atoms with van der Waals surface area (Å²) in [5.74, 6) is 0.474. The molecular weight excluding hydrogens is 370 g/mol. The van der Waals surface area contributed by atoms with Crippen LogP contribution in [0.5, 0.6) is 0 Å². The molecule has 1 aliphatic heterocycles. The highest BCUT2D eigenvalue weighted by atomic mass is 32.2. The van der Waals surface area contributed by atoms with Crippen LogP contribution in [0.25, 0.3) is 0 Å². The fourth-order valence-electron chi connectivity index (χ4n) is 2.94. The zero-order valence-corrected chi connectivity index (χ0v) is 16.6. The highest BCUT2D eigenvalue weighted by Crippen LogP contribution is 2.43. The molecule has 0 fully saturated rings. The summed E-state index contributed by atoms with van der Waals surface area (Å²) in [7, 11) is 0. The summed E-state index contributed by atoms with van der Waals surface area (Å²) in [5, 5.41) is 7.38. The van der Waals surface area contributed by atoms with Crippen LogP contribution in [0.4, 0.5) is 5.82 Å². The minimum absolute atomic E-state index is 0.0178. The molecule has 26 heavy (non-hydrogen) atoms. The summed E-state index contributed by atoms with van der Waals surface area (Å²) in [4.78, 5) is 25.3. The Morgan fingerprint density at radius 1 is 1.42 bits per heavy atom. The van der Waals surface area contributed by atoms with E-state index < -0.39 is 0 Å². The molecule has 6 nitrogen and oxygen atoms in total. The van der Waals surface area contributed by atoms with Crippen LogP contribution in [0, 0.1) is 6.92 Å². The van der Waals surface area contributed by atoms with E-state index in [-0.39, 0.29) is 23.7 Å². The van der Waals surface area contributed by atoms with E-state index in [4.69, 9.17) is 4.74 Å². The number of thioether (sulfide) groups is 2. The van der Waals surface area contributed by atoms with Crippen molar-refractivity contribution in [2.75, 3.05) is 23.9 Å². The van der Waals surface area contributed by atoms with Crippen molar-refractivity contribution in [2.45, 2.75) is 30.5 Å². The molecule has 1 aromatic carbocycles. The Balaban J connectivity index is 2.01. The van der Waals surface area contributed by atoms with Crippen LogP contribution in [0.3, 0.4) is 0 Å². The largest absolute Gasteiger partial charge is 0.465 e. The Bertz CT molecular complexity index is 818. The van der Waals surface area contributed by atoms with Crippen molar-refractivity contribution in [2.24, 2.45) is 0 Å². The Kier molecular flexibility index (Phi) is 5.93. The topological polar surface area (TPSA) is 73.2 Å². The highest BCUT2D eigenvalue weighted by molar-refractivity contribution is 8.00. The molecule has 2 aromatic rings. The first-order valence-corrected chi connectivity index (χ1v) is 10.6. The number of carbonyl (C=O) groups is 2. The van der Waals surface area contributed by atoms with Crippen LogP contribution in [-0.4, -0.2) is 40.3 Å². The number of rotatable bonds is 5. The molecule has 1 aromatic heterocycles. The van der Waals surface area contributed by atoms with E-state index in [1.54, 1.807) is 30.4 Å². The smallest absolute Gasteiger partial charge is 0.327 e. The van der Waals surface area contributed by atoms with Crippen LogP contribution >= 0.6 is 23.5 Å². The van der Waals surface area contributed by atoms with Gasteiger partial charge in [0.1, 0.15) is 12.4 Å². The molecule has 0 spiro atoms. The summed E-state index contributed by atoms with van der Waals surface area (Å²) in [6.07, 6.45) is 2.04. The van der Waals surface area contributed by atoms with Gasteiger partial charge in [-0.25, -0.2) is 4.68 Å². The number of fused-ring (bicyclic) bond motifs is 1. The van der Waals surface area contributed by atoms with Gasteiger partial charge in [-0.1, -0.05) is 12.1 Å². The lowest BCUT2D eigenvalue weighted by Crippen LogP contribution is -2.20. The van der Waals surface area contributed by atoms with Gasteiger partial charge in [0.25, 0.3) is 0 Å². The minimum atomic E-state index is -0.371. The fraction of sp³-hybridized carbons (Fsp3) is 0.389. The highest BCUT2D eigenvalue weighted by Gasteiger charge is 2.30. The summed E-state index contributed by atoms with van der Waals surface area (Å²) >= 11 is 3.26. The van der Waals surface area contributed by atoms with Gasteiger partial charge in [-0.05, 0) is 37.8 Å². The van der Waals surface area contributed by atoms with Gasteiger partial charge in [0.2, 0.25) is 5.91 Å². The molecule has 1 amide bonds. The average molecular weight is 392 g/mol. The quantitative estimate of drug-likeness (QED) is 0.623. The van der Waals surface area contributed by atoms with Crippen LogP contribution in [0.1, 0.15) is 29.0 Å². The lowest BCUT2D eigenvalue weighted by molar-refractivity contribution is -0.144. The summed E-state index contributed by atoms with van der Waals surface area (Å²) < 4.78 is 6.56. The summed E-state index contributed by atoms with van der Waals surface area (Å²) in [6, 6.07) is 8.34. The standard InChI is InChI=1S/C18H21N3O3S2/c1-4-24-15(23)9-21-18-16(11(2)20-21)17(26-10-14(22)19-18)12-5-7-13(25-3)8-6-12/h5-8,17H,4,9-10H2,1-3H3,(H,19,22)/t17-/m0/s1. The SMILES string of the molecule is CCOC(=O)Cn1nc(C)c2c1NC(=O)CS[C@H]2c1ccc(SC)cc1. The molecule has 0 aliphatic carbocycles. The number of anilines is 1. The molecule has 1 N–H and O–H groups in total. The lowest BCUT2D eigenvalue weighted by Gasteiger charge is -2.15. The fourth-order valence-corrected chi connectivity index (χ4v) is 4.53. The maximum absolute atomic E-state index is 12.2. The molecule has 1 aliphatic rings. The number of aromatic nitrogens is 2. The van der Waals surface area contributed by atoms with Crippen molar-refractivity contribution >= 4 is 41.2 Å². The zero-order chi connectivity index (χ0) is 18.7. The normalized spacial score (nSPS) is 16.6. The summed E-state index contributed by atoms with van der Waals surface area (Å²) in [6.45, 7) is 3.96. The molecule has 2 heterocycles. The number of benzene rings is 1. The Morgan fingerprint density at radius 2 is 2.15 bits per heavy atom. The van der Waals surface area contributed by atoms with Gasteiger partial charge in [0.15, 0.2) is 0 Å². The second-order valence-electron chi connectivity index (χ2n) is 5.82. The minimum Gasteiger partial charge on any atom is -0.465 e. The van der Waals surface area contributed by atoms with Crippen LogP contribution in [0.2, 0.25) is 0 Å². The lowest BCUT2D eigenvalue weighted by atomic mass is 10.0. The third-order valence-corrected chi connectivity index (χ3v) is 6.09. The van der Waals surface area contributed by atoms with E-state index in [0.717, 1.165) is 16.8 Å². The summed E-state index contributed by atoms with van der Waals surface area (Å²) in [5.41, 5.74) is 2.87. The van der Waals surface area contributed by atoms with Crippen molar-refractivity contribution in [1.29, 1.82) is 0 Å². The second kappa shape index (κ2) is 8.18. The van der Waals surface area contributed by atoms with Gasteiger partial charge in [-0.3, -0.25) is 9.59 Å². The molecule has 0 saturated heterocycles. The van der Waals surface area contributed by atoms with E-state index in [2.05, 4.69) is 34.7 Å². The van der Waals surface area contributed by atoms with Crippen LogP contribution < -0.4 is 5.32 Å². The molecule has 0 radical (unpaired) electrons. The number of nitrogens with one attached hydrogen (secondary N) is 1. The predicted octanol–water partition coefficient (Wildman–Crippen LogP) is 3.25. The molecule has 138 valence electrons. The van der Waals surface area contributed by atoms with Crippen LogP contribution in [0.15, 0.2) is 29.2 Å². The first-order valence-electron chi connectivity index (χ1n) is 8.31. The number of amides is 1. The van der Waals surface area contributed by atoms with Gasteiger partial charge in [-0.15, -0.1) is 23.5 Å². The molecule has 8 heteroatoms. The molecule has 1 atom stereocenters. The number of hydrogen-bond donors (Lipinski definition) is 1. The van der Waals surface area contributed by atoms with E-state index in [1.165, 1.54) is 9.58 Å². The van der Waals surface area contributed by atoms with Crippen molar-refractivity contribution in [1.82, 2.24) is 9.78 Å². The Morgan fingerprint density at radius 3 is 2.81 bits per heavy atom. The van der Waals surface area contributed by atoms with E-state index in [0.29, 0.717) is 18.2 Å². The molecular formula is C18H21N3O3S2. The van der Waals surface area contributed by atoms with Crippen molar-refractivity contribution in [3.8, 4) is 0 Å². The number of ether oxygens (including phenoxy) is 1. The molecule has 3 rings (SSSR count). The maximum Gasteiger partial charge on any atom is 0.327 e. The molecule has 0 unspecified atom stereocenters. The number of aryl methyl sites for hydroxylation is 1. The van der Waals surface area contributed by atoms with Crippen LogP contribution in [-0.2, 0) is 20.9 Å². The third-order valence-electron chi connectivity index (χ3n) is 4.08. The first-order chi connectivity index (χ1) is 12.5. The van der Waals surface area contributed by atoms with E-state index >= 15 is 0 Å². The maximum atomic E-state index is 12.2. The van der Waals surface area contributed by atoms with Gasteiger partial charge in [0.05, 0.1) is 23.3 Å². The Hall–Kier alpha value is -1.93. The predicted molar refractivity (Wildman–Crippen MR) is 105 cm³/mol. The zero-order valence-electron chi connectivity index (χ0n) is 14.9. The molecule has 0 saturated carbocycles. The second-order valence-corrected chi connectivity index (χ2v) is 7.80. The Labute approximate surface area is 161 Å². The first kappa shape index (κ1) is 18.8. The number of nitrogens with zero attached hydrogens (tertiary/aromatic N) is 2. The van der Waals surface area contributed by atoms with Crippen molar-refractivity contribution in [3.63, 3.8) is 0 Å². The van der Waals surface area contributed by atoms with Crippen molar-refractivity contribution < 1.29 is 14.3 Å². The average Bonchev–Trinajstić information content (AvgIpc) is 2.80. The van der Waals surface area contributed by atoms with E-state index in [1.807, 2.05) is 13.2 Å². The van der Waals surface area contributed by atoms with Gasteiger partial charge >= 0.3 is 5.97 Å². The van der Waals surface area contributed by atoms with Gasteiger partial charge < -0.3 is 10.1 Å². The third kappa shape index (κ3) is 3.91. The number of esters is 1. The monoisotopic (exact) mass is 391 g/mol. The molecule has 0 bridgehead atoms.